The fourth-order valence-corrected chi connectivity index (χ4v) is 3.78. The first-order chi connectivity index (χ1) is 15.5. The number of amides is 1. The Labute approximate surface area is 198 Å². The van der Waals surface area contributed by atoms with Crippen molar-refractivity contribution in [1.82, 2.24) is 15.3 Å². The van der Waals surface area contributed by atoms with E-state index in [-0.39, 0.29) is 11.0 Å². The Morgan fingerprint density at radius 3 is 2.28 bits per heavy atom. The molecular weight excluding hydrogens is 465 g/mol. The van der Waals surface area contributed by atoms with Crippen LogP contribution >= 0.6 is 34.5 Å². The number of nitrogens with one attached hydrogen (secondary N) is 1. The van der Waals surface area contributed by atoms with Gasteiger partial charge in [0, 0.05) is 45.5 Å². The smallest absolute Gasteiger partial charge is 0.309 e. The first kappa shape index (κ1) is 22.0. The molecule has 2 aromatic heterocycles. The summed E-state index contributed by atoms with van der Waals surface area (Å²) in [5.41, 5.74) is 10.4. The monoisotopic (exact) mass is 481 g/mol. The molecule has 0 aliphatic heterocycles. The van der Waals surface area contributed by atoms with Crippen LogP contribution in [0, 0.1) is 0 Å². The van der Waals surface area contributed by atoms with Crippen LogP contribution in [-0.4, -0.2) is 21.8 Å². The fourth-order valence-electron chi connectivity index (χ4n) is 3.01. The summed E-state index contributed by atoms with van der Waals surface area (Å²) in [5.74, 6) is -0.469. The molecule has 0 radical (unpaired) electrons. The van der Waals surface area contributed by atoms with Crippen LogP contribution in [0.4, 0.5) is 0 Å². The molecule has 0 atom stereocenters. The molecule has 0 aliphatic rings. The van der Waals surface area contributed by atoms with Gasteiger partial charge in [0.25, 0.3) is 0 Å². The van der Waals surface area contributed by atoms with Crippen molar-refractivity contribution in [2.24, 2.45) is 10.7 Å². The summed E-state index contributed by atoms with van der Waals surface area (Å²) in [6, 6.07) is 17.1. The number of pyridine rings is 1. The molecule has 0 bridgehead atoms. The SMILES string of the molecule is NC(=NC(=O)c1nccs1)NCc1cnc(-c2ccc(Cl)cc2)c(-c2ccc(Cl)cc2)c1. The maximum Gasteiger partial charge on any atom is 0.309 e. The zero-order valence-corrected chi connectivity index (χ0v) is 19.0. The van der Waals surface area contributed by atoms with Crippen LogP contribution in [0.5, 0.6) is 0 Å². The van der Waals surface area contributed by atoms with Crippen molar-refractivity contribution in [2.75, 3.05) is 0 Å². The standard InChI is InChI=1S/C23H17Cl2N5OS/c24-17-5-1-15(2-6-17)19-11-14(12-28-20(19)16-3-7-18(25)8-4-16)13-29-23(26)30-21(31)22-27-9-10-32-22/h1-12H,13H2,(H3,26,29,30,31). The van der Waals surface area contributed by atoms with Gasteiger partial charge < -0.3 is 11.1 Å². The average Bonchev–Trinajstić information content (AvgIpc) is 3.34. The lowest BCUT2D eigenvalue weighted by atomic mass is 9.98. The van der Waals surface area contributed by atoms with Crippen LogP contribution in [0.2, 0.25) is 10.0 Å². The zero-order chi connectivity index (χ0) is 22.5. The molecule has 0 fully saturated rings. The van der Waals surface area contributed by atoms with Gasteiger partial charge in [0.2, 0.25) is 0 Å². The van der Waals surface area contributed by atoms with Gasteiger partial charge >= 0.3 is 5.91 Å². The Morgan fingerprint density at radius 2 is 1.66 bits per heavy atom. The maximum atomic E-state index is 12.0. The van der Waals surface area contributed by atoms with Gasteiger partial charge in [0.05, 0.1) is 5.69 Å². The first-order valence-corrected chi connectivity index (χ1v) is 11.2. The van der Waals surface area contributed by atoms with Gasteiger partial charge in [-0.15, -0.1) is 11.3 Å². The fraction of sp³-hybridized carbons (Fsp3) is 0.0435. The average molecular weight is 482 g/mol. The Bertz CT molecular complexity index is 1260. The van der Waals surface area contributed by atoms with E-state index in [1.807, 2.05) is 54.6 Å². The molecule has 2 heterocycles. The molecule has 0 saturated heterocycles. The third kappa shape index (κ3) is 5.31. The lowest BCUT2D eigenvalue weighted by molar-refractivity contribution is 0.100. The van der Waals surface area contributed by atoms with Crippen LogP contribution in [-0.2, 0) is 6.54 Å². The number of hydrogen-bond acceptors (Lipinski definition) is 4. The minimum absolute atomic E-state index is 0.0139. The van der Waals surface area contributed by atoms with Crippen LogP contribution in [0.25, 0.3) is 22.4 Å². The van der Waals surface area contributed by atoms with E-state index < -0.39 is 5.91 Å². The molecule has 0 spiro atoms. The van der Waals surface area contributed by atoms with E-state index in [2.05, 4.69) is 20.3 Å². The minimum Gasteiger partial charge on any atom is -0.370 e. The zero-order valence-electron chi connectivity index (χ0n) is 16.6. The van der Waals surface area contributed by atoms with Crippen LogP contribution < -0.4 is 11.1 Å². The molecule has 0 saturated carbocycles. The molecule has 6 nitrogen and oxygen atoms in total. The van der Waals surface area contributed by atoms with Crippen molar-refractivity contribution >= 4 is 46.4 Å². The third-order valence-corrected chi connectivity index (χ3v) is 5.79. The van der Waals surface area contributed by atoms with Gasteiger partial charge in [-0.25, -0.2) is 4.98 Å². The number of aliphatic imine (C=N–C) groups is 1. The Morgan fingerprint density at radius 1 is 1.00 bits per heavy atom. The topological polar surface area (TPSA) is 93.3 Å². The van der Waals surface area contributed by atoms with Crippen molar-refractivity contribution in [3.05, 3.63) is 93.0 Å². The number of nitrogens with two attached hydrogens (primary N) is 1. The van der Waals surface area contributed by atoms with Crippen LogP contribution in [0.15, 0.2) is 77.4 Å². The van der Waals surface area contributed by atoms with Crippen molar-refractivity contribution in [3.63, 3.8) is 0 Å². The predicted octanol–water partition coefficient (Wildman–Crippen LogP) is 5.42. The number of benzene rings is 2. The van der Waals surface area contributed by atoms with E-state index >= 15 is 0 Å². The number of halogens is 2. The highest BCUT2D eigenvalue weighted by atomic mass is 35.5. The number of rotatable bonds is 5. The highest BCUT2D eigenvalue weighted by molar-refractivity contribution is 7.11. The van der Waals surface area contributed by atoms with Crippen LogP contribution in [0.1, 0.15) is 15.4 Å². The van der Waals surface area contributed by atoms with Gasteiger partial charge in [-0.2, -0.15) is 4.99 Å². The van der Waals surface area contributed by atoms with E-state index in [1.165, 1.54) is 11.3 Å². The number of carbonyl (C=O) groups excluding carboxylic acids is 1. The van der Waals surface area contributed by atoms with Gasteiger partial charge in [-0.3, -0.25) is 9.78 Å². The largest absolute Gasteiger partial charge is 0.370 e. The summed E-state index contributed by atoms with van der Waals surface area (Å²) in [5, 5.41) is 6.26. The third-order valence-electron chi connectivity index (χ3n) is 4.53. The minimum atomic E-state index is -0.483. The second-order valence-electron chi connectivity index (χ2n) is 6.75. The van der Waals surface area contributed by atoms with Crippen molar-refractivity contribution in [3.8, 4) is 22.4 Å². The van der Waals surface area contributed by atoms with Gasteiger partial charge in [0.15, 0.2) is 11.0 Å². The van der Waals surface area contributed by atoms with E-state index in [0.717, 1.165) is 27.9 Å². The lowest BCUT2D eigenvalue weighted by Crippen LogP contribution is -2.32. The summed E-state index contributed by atoms with van der Waals surface area (Å²) in [4.78, 5) is 24.5. The van der Waals surface area contributed by atoms with Gasteiger partial charge in [-0.1, -0.05) is 47.5 Å². The van der Waals surface area contributed by atoms with E-state index in [0.29, 0.717) is 16.6 Å². The van der Waals surface area contributed by atoms with Crippen LogP contribution in [0.3, 0.4) is 0 Å². The summed E-state index contributed by atoms with van der Waals surface area (Å²) in [6.45, 7) is 0.342. The molecule has 9 heteroatoms. The summed E-state index contributed by atoms with van der Waals surface area (Å²) < 4.78 is 0. The first-order valence-electron chi connectivity index (χ1n) is 9.52. The number of aromatic nitrogens is 2. The molecule has 4 rings (SSSR count). The molecule has 2 aromatic carbocycles. The maximum absolute atomic E-state index is 12.0. The highest BCUT2D eigenvalue weighted by Crippen LogP contribution is 2.32. The van der Waals surface area contributed by atoms with Gasteiger partial charge in [-0.05, 0) is 41.5 Å². The second-order valence-corrected chi connectivity index (χ2v) is 8.51. The highest BCUT2D eigenvalue weighted by Gasteiger charge is 2.12. The van der Waals surface area contributed by atoms with Crippen molar-refractivity contribution in [2.45, 2.75) is 6.54 Å². The Hall–Kier alpha value is -3.26. The quantitative estimate of drug-likeness (QED) is 0.293. The van der Waals surface area contributed by atoms with Crippen molar-refractivity contribution in [1.29, 1.82) is 0 Å². The van der Waals surface area contributed by atoms with Gasteiger partial charge in [0.1, 0.15) is 0 Å². The number of guanidine groups is 1. The molecule has 0 aliphatic carbocycles. The summed E-state index contributed by atoms with van der Waals surface area (Å²) in [6.07, 6.45) is 3.30. The summed E-state index contributed by atoms with van der Waals surface area (Å²) >= 11 is 13.3. The molecular formula is C23H17Cl2N5OS. The normalized spacial score (nSPS) is 11.4. The number of hydrogen-bond donors (Lipinski definition) is 2. The van der Waals surface area contributed by atoms with E-state index in [9.17, 15) is 4.79 Å². The summed E-state index contributed by atoms with van der Waals surface area (Å²) in [7, 11) is 0. The van der Waals surface area contributed by atoms with E-state index in [4.69, 9.17) is 28.9 Å². The molecule has 0 unspecified atom stereocenters. The molecule has 4 aromatic rings. The number of thiazole rings is 1. The van der Waals surface area contributed by atoms with E-state index in [1.54, 1.807) is 17.8 Å². The molecule has 32 heavy (non-hydrogen) atoms. The Balaban J connectivity index is 1.61. The molecule has 160 valence electrons. The second kappa shape index (κ2) is 9.91. The Kier molecular flexibility index (Phi) is 6.80. The molecule has 1 amide bonds. The molecule has 3 N–H and O–H groups in total. The lowest BCUT2D eigenvalue weighted by Gasteiger charge is -2.13. The number of nitrogens with zero attached hydrogens (tertiary/aromatic N) is 3. The van der Waals surface area contributed by atoms with Crippen molar-refractivity contribution < 1.29 is 4.79 Å². The predicted molar refractivity (Wildman–Crippen MR) is 130 cm³/mol. The number of carbonyl (C=O) groups is 1.